The van der Waals surface area contributed by atoms with Crippen LogP contribution in [0.25, 0.3) is 0 Å². The van der Waals surface area contributed by atoms with Gasteiger partial charge in [-0.25, -0.2) is 0 Å². The van der Waals surface area contributed by atoms with E-state index in [4.69, 9.17) is 21.1 Å². The van der Waals surface area contributed by atoms with Crippen LogP contribution in [0.2, 0.25) is 5.02 Å². The van der Waals surface area contributed by atoms with E-state index < -0.39 is 22.8 Å². The zero-order chi connectivity index (χ0) is 20.9. The second-order valence-electron chi connectivity index (χ2n) is 5.83. The topological polar surface area (TPSA) is 65.4 Å². The quantitative estimate of drug-likeness (QED) is 0.703. The zero-order valence-corrected chi connectivity index (χ0v) is 16.4. The molecule has 0 aliphatic carbocycles. The van der Waals surface area contributed by atoms with E-state index in [1.165, 1.54) is 6.92 Å². The molecule has 0 saturated heterocycles. The van der Waals surface area contributed by atoms with E-state index in [1.807, 2.05) is 13.8 Å². The highest BCUT2D eigenvalue weighted by molar-refractivity contribution is 6.32. The Hall–Kier alpha value is -2.42. The molecule has 0 spiro atoms. The summed E-state index contributed by atoms with van der Waals surface area (Å²) in [5, 5.41) is 5.54. The number of nitrogens with zero attached hydrogens (tertiary/aromatic N) is 2. The molecule has 0 radical (unpaired) electrons. The van der Waals surface area contributed by atoms with Crippen LogP contribution in [-0.4, -0.2) is 28.9 Å². The Morgan fingerprint density at radius 1 is 1.21 bits per heavy atom. The molecule has 28 heavy (non-hydrogen) atoms. The SMILES string of the molecule is CCOc1ccc(CNC(=O)Cn2nc(C(F)(F)F)c(Cl)c2C)cc1OCC. The zero-order valence-electron chi connectivity index (χ0n) is 15.7. The number of carbonyl (C=O) groups excluding carboxylic acids is 1. The average molecular weight is 420 g/mol. The van der Waals surface area contributed by atoms with Crippen LogP contribution in [0.3, 0.4) is 0 Å². The summed E-state index contributed by atoms with van der Waals surface area (Å²) in [6.07, 6.45) is -4.68. The summed E-state index contributed by atoms with van der Waals surface area (Å²) in [6, 6.07) is 5.25. The van der Waals surface area contributed by atoms with Gasteiger partial charge in [0.2, 0.25) is 5.91 Å². The Bertz CT molecular complexity index is 837. The van der Waals surface area contributed by atoms with Gasteiger partial charge in [0.1, 0.15) is 6.54 Å². The Kier molecular flexibility index (Phi) is 7.17. The summed E-state index contributed by atoms with van der Waals surface area (Å²) in [5.41, 5.74) is -0.373. The molecule has 6 nitrogen and oxygen atoms in total. The van der Waals surface area contributed by atoms with E-state index in [2.05, 4.69) is 10.4 Å². The summed E-state index contributed by atoms with van der Waals surface area (Å²) in [7, 11) is 0. The standard InChI is InChI=1S/C18H21ClF3N3O3/c1-4-27-13-7-6-12(8-14(13)28-5-2)9-23-15(26)10-25-11(3)16(19)17(24-25)18(20,21)22/h6-8H,4-5,9-10H2,1-3H3,(H,23,26). The van der Waals surface area contributed by atoms with Crippen molar-refractivity contribution in [1.82, 2.24) is 15.1 Å². The third-order valence-corrected chi connectivity index (χ3v) is 4.25. The van der Waals surface area contributed by atoms with Gasteiger partial charge in [0, 0.05) is 6.54 Å². The van der Waals surface area contributed by atoms with Gasteiger partial charge in [0.15, 0.2) is 17.2 Å². The molecule has 0 fully saturated rings. The fourth-order valence-corrected chi connectivity index (χ4v) is 2.70. The lowest BCUT2D eigenvalue weighted by atomic mass is 10.2. The summed E-state index contributed by atoms with van der Waals surface area (Å²) >= 11 is 5.68. The summed E-state index contributed by atoms with van der Waals surface area (Å²) in [4.78, 5) is 12.1. The fourth-order valence-electron chi connectivity index (χ4n) is 2.46. The van der Waals surface area contributed by atoms with Crippen LogP contribution in [0.4, 0.5) is 13.2 Å². The molecule has 0 aliphatic heterocycles. The Morgan fingerprint density at radius 2 is 1.86 bits per heavy atom. The van der Waals surface area contributed by atoms with Crippen LogP contribution in [0.5, 0.6) is 11.5 Å². The third kappa shape index (κ3) is 5.31. The molecule has 2 rings (SSSR count). The van der Waals surface area contributed by atoms with Crippen LogP contribution in [0, 0.1) is 6.92 Å². The maximum absolute atomic E-state index is 12.9. The number of amides is 1. The molecule has 1 aromatic carbocycles. The molecule has 0 atom stereocenters. The summed E-state index contributed by atoms with van der Waals surface area (Å²) in [6.45, 7) is 5.81. The highest BCUT2D eigenvalue weighted by Crippen LogP contribution is 2.35. The monoisotopic (exact) mass is 419 g/mol. The smallest absolute Gasteiger partial charge is 0.436 e. The van der Waals surface area contributed by atoms with E-state index >= 15 is 0 Å². The maximum Gasteiger partial charge on any atom is 0.436 e. The molecular weight excluding hydrogens is 399 g/mol. The number of hydrogen-bond acceptors (Lipinski definition) is 4. The van der Waals surface area contributed by atoms with Crippen molar-refractivity contribution in [2.24, 2.45) is 0 Å². The fraction of sp³-hybridized carbons (Fsp3) is 0.444. The number of benzene rings is 1. The minimum atomic E-state index is -4.68. The van der Waals surface area contributed by atoms with E-state index in [-0.39, 0.29) is 18.8 Å². The summed E-state index contributed by atoms with van der Waals surface area (Å²) < 4.78 is 50.5. The number of rotatable bonds is 8. The molecule has 0 aliphatic rings. The predicted molar refractivity (Wildman–Crippen MR) is 97.6 cm³/mol. The number of alkyl halides is 3. The second kappa shape index (κ2) is 9.18. The number of nitrogens with one attached hydrogen (secondary N) is 1. The van der Waals surface area contributed by atoms with Gasteiger partial charge in [-0.1, -0.05) is 17.7 Å². The number of halogens is 4. The van der Waals surface area contributed by atoms with Crippen molar-refractivity contribution in [3.05, 3.63) is 40.2 Å². The molecule has 1 heterocycles. The minimum absolute atomic E-state index is 0.0730. The van der Waals surface area contributed by atoms with Crippen molar-refractivity contribution in [3.8, 4) is 11.5 Å². The third-order valence-electron chi connectivity index (χ3n) is 3.79. The van der Waals surface area contributed by atoms with E-state index in [9.17, 15) is 18.0 Å². The van der Waals surface area contributed by atoms with Gasteiger partial charge >= 0.3 is 6.18 Å². The highest BCUT2D eigenvalue weighted by atomic mass is 35.5. The molecule has 154 valence electrons. The normalized spacial score (nSPS) is 11.4. The molecule has 1 aromatic heterocycles. The molecule has 0 bridgehead atoms. The molecule has 10 heteroatoms. The molecule has 0 unspecified atom stereocenters. The van der Waals surface area contributed by atoms with Gasteiger partial charge in [-0.15, -0.1) is 0 Å². The Morgan fingerprint density at radius 3 is 2.43 bits per heavy atom. The Balaban J connectivity index is 2.04. The van der Waals surface area contributed by atoms with Crippen LogP contribution in [-0.2, 0) is 24.1 Å². The van der Waals surface area contributed by atoms with Crippen molar-refractivity contribution >= 4 is 17.5 Å². The largest absolute Gasteiger partial charge is 0.490 e. The highest BCUT2D eigenvalue weighted by Gasteiger charge is 2.38. The first-order valence-corrected chi connectivity index (χ1v) is 9.00. The first-order chi connectivity index (χ1) is 13.2. The van der Waals surface area contributed by atoms with Gasteiger partial charge in [-0.3, -0.25) is 9.48 Å². The van der Waals surface area contributed by atoms with Gasteiger partial charge < -0.3 is 14.8 Å². The minimum Gasteiger partial charge on any atom is -0.490 e. The number of aromatic nitrogens is 2. The van der Waals surface area contributed by atoms with E-state index in [0.29, 0.717) is 24.7 Å². The first kappa shape index (κ1) is 21.9. The van der Waals surface area contributed by atoms with Crippen molar-refractivity contribution in [2.75, 3.05) is 13.2 Å². The van der Waals surface area contributed by atoms with Gasteiger partial charge in [0.25, 0.3) is 0 Å². The number of ether oxygens (including phenoxy) is 2. The number of carbonyl (C=O) groups is 1. The molecular formula is C18H21ClF3N3O3. The van der Waals surface area contributed by atoms with Gasteiger partial charge in [0.05, 0.1) is 23.9 Å². The lowest BCUT2D eigenvalue weighted by Crippen LogP contribution is -2.28. The van der Waals surface area contributed by atoms with Crippen LogP contribution in [0.15, 0.2) is 18.2 Å². The van der Waals surface area contributed by atoms with Gasteiger partial charge in [-0.2, -0.15) is 18.3 Å². The average Bonchev–Trinajstić information content (AvgIpc) is 2.91. The molecule has 1 N–H and O–H groups in total. The molecule has 0 saturated carbocycles. The van der Waals surface area contributed by atoms with Crippen molar-refractivity contribution < 1.29 is 27.4 Å². The van der Waals surface area contributed by atoms with Gasteiger partial charge in [-0.05, 0) is 38.5 Å². The lowest BCUT2D eigenvalue weighted by molar-refractivity contribution is -0.141. The lowest BCUT2D eigenvalue weighted by Gasteiger charge is -2.13. The van der Waals surface area contributed by atoms with Crippen molar-refractivity contribution in [2.45, 2.75) is 40.0 Å². The predicted octanol–water partition coefficient (Wildman–Crippen LogP) is 3.98. The van der Waals surface area contributed by atoms with Crippen molar-refractivity contribution in [3.63, 3.8) is 0 Å². The first-order valence-electron chi connectivity index (χ1n) is 8.62. The van der Waals surface area contributed by atoms with E-state index in [1.54, 1.807) is 18.2 Å². The maximum atomic E-state index is 12.9. The van der Waals surface area contributed by atoms with Crippen LogP contribution in [0.1, 0.15) is 30.8 Å². The Labute approximate surface area is 165 Å². The summed E-state index contributed by atoms with van der Waals surface area (Å²) in [5.74, 6) is 0.657. The van der Waals surface area contributed by atoms with Crippen LogP contribution < -0.4 is 14.8 Å². The second-order valence-corrected chi connectivity index (χ2v) is 6.21. The van der Waals surface area contributed by atoms with Crippen molar-refractivity contribution in [1.29, 1.82) is 0 Å². The number of hydrogen-bond donors (Lipinski definition) is 1. The molecule has 1 amide bonds. The van der Waals surface area contributed by atoms with Crippen LogP contribution >= 0.6 is 11.6 Å². The van der Waals surface area contributed by atoms with E-state index in [0.717, 1.165) is 10.2 Å². The molecule has 2 aromatic rings.